The van der Waals surface area contributed by atoms with Gasteiger partial charge in [0.15, 0.2) is 0 Å². The fourth-order valence-electron chi connectivity index (χ4n) is 5.47. The number of nitrogens with zero attached hydrogens (tertiary/aromatic N) is 3. The molecule has 4 aromatic rings. The van der Waals surface area contributed by atoms with Gasteiger partial charge in [-0.3, -0.25) is 9.59 Å². The van der Waals surface area contributed by atoms with Crippen molar-refractivity contribution in [1.29, 1.82) is 0 Å². The molecule has 2 aromatic carbocycles. The summed E-state index contributed by atoms with van der Waals surface area (Å²) >= 11 is 1.49. The highest BCUT2D eigenvalue weighted by molar-refractivity contribution is 7.10. The SMILES string of the molecule is CN(C)Cc1cc(O)ccc1-c1cccc(Oc2ncc(F)cc2C(=O)N[C@H]2CC[C@@H](NC(=O)c3csc(C(C)(C)C)n3)CC2)c1. The Balaban J connectivity index is 1.23. The Bertz CT molecular complexity index is 1710. The number of amides is 2. The standard InChI is InChI=1S/C35H40FN5O4S/c1-35(2,3)34-40-30(20-46-34)32(44)39-25-11-9-24(10-12-25)38-31(43)29-17-23(36)18-37-33(29)45-27-8-6-7-21(16-27)28-14-13-26(42)15-22(28)19-41(4)5/h6-8,13-18,20,24-25,42H,9-12,19H2,1-5H3,(H,38,43)(H,39,44)/t24-,25+. The molecule has 1 saturated carbocycles. The van der Waals surface area contributed by atoms with E-state index in [9.17, 15) is 19.1 Å². The van der Waals surface area contributed by atoms with Gasteiger partial charge >= 0.3 is 0 Å². The van der Waals surface area contributed by atoms with Crippen molar-refractivity contribution in [1.82, 2.24) is 25.5 Å². The Morgan fingerprint density at radius 3 is 2.37 bits per heavy atom. The van der Waals surface area contributed by atoms with Crippen molar-refractivity contribution in [2.75, 3.05) is 14.1 Å². The van der Waals surface area contributed by atoms with E-state index in [0.717, 1.165) is 34.0 Å². The monoisotopic (exact) mass is 645 g/mol. The average molecular weight is 646 g/mol. The number of hydrogen-bond acceptors (Lipinski definition) is 8. The molecule has 0 spiro atoms. The minimum atomic E-state index is -0.647. The zero-order chi connectivity index (χ0) is 33.0. The van der Waals surface area contributed by atoms with Crippen molar-refractivity contribution in [2.45, 2.75) is 70.5 Å². The quantitative estimate of drug-likeness (QED) is 0.186. The number of thiazole rings is 1. The summed E-state index contributed by atoms with van der Waals surface area (Å²) in [6, 6.07) is 13.5. The number of phenolic OH excluding ortho intramolecular Hbond substituents is 1. The highest BCUT2D eigenvalue weighted by Gasteiger charge is 2.27. The molecule has 9 nitrogen and oxygen atoms in total. The lowest BCUT2D eigenvalue weighted by Crippen LogP contribution is -2.44. The summed E-state index contributed by atoms with van der Waals surface area (Å²) < 4.78 is 20.4. The maximum Gasteiger partial charge on any atom is 0.270 e. The molecule has 0 bridgehead atoms. The lowest BCUT2D eigenvalue weighted by atomic mass is 9.91. The summed E-state index contributed by atoms with van der Waals surface area (Å²) in [5.41, 5.74) is 3.03. The first-order valence-corrected chi connectivity index (χ1v) is 16.2. The van der Waals surface area contributed by atoms with Crippen LogP contribution in [0.5, 0.6) is 17.4 Å². The highest BCUT2D eigenvalue weighted by Crippen LogP contribution is 2.33. The van der Waals surface area contributed by atoms with Crippen molar-refractivity contribution in [3.63, 3.8) is 0 Å². The lowest BCUT2D eigenvalue weighted by molar-refractivity contribution is 0.0887. The number of pyridine rings is 1. The molecular weight excluding hydrogens is 605 g/mol. The summed E-state index contributed by atoms with van der Waals surface area (Å²) in [5, 5.41) is 18.8. The molecule has 0 radical (unpaired) electrons. The van der Waals surface area contributed by atoms with Crippen LogP contribution in [-0.4, -0.2) is 58.0 Å². The van der Waals surface area contributed by atoms with E-state index in [4.69, 9.17) is 4.74 Å². The van der Waals surface area contributed by atoms with E-state index in [-0.39, 0.29) is 40.6 Å². The van der Waals surface area contributed by atoms with Crippen LogP contribution < -0.4 is 15.4 Å². The third kappa shape index (κ3) is 8.27. The van der Waals surface area contributed by atoms with E-state index in [1.54, 1.807) is 23.6 Å². The van der Waals surface area contributed by atoms with E-state index < -0.39 is 11.7 Å². The molecule has 2 aromatic heterocycles. The molecule has 0 aliphatic heterocycles. The number of aromatic nitrogens is 2. The number of carbonyl (C=O) groups is 2. The van der Waals surface area contributed by atoms with Crippen molar-refractivity contribution in [2.24, 2.45) is 0 Å². The number of phenols is 1. The normalized spacial score (nSPS) is 16.7. The number of rotatable bonds is 9. The number of nitrogens with one attached hydrogen (secondary N) is 2. The lowest BCUT2D eigenvalue weighted by Gasteiger charge is -2.29. The minimum absolute atomic E-state index is 0.00283. The molecule has 2 heterocycles. The molecule has 242 valence electrons. The molecular formula is C35H40FN5O4S. The smallest absolute Gasteiger partial charge is 0.270 e. The Kier molecular flexibility index (Phi) is 10.0. The zero-order valence-corrected chi connectivity index (χ0v) is 27.6. The second kappa shape index (κ2) is 14.0. The predicted molar refractivity (Wildman–Crippen MR) is 177 cm³/mol. The van der Waals surface area contributed by atoms with Gasteiger partial charge in [-0.2, -0.15) is 0 Å². The van der Waals surface area contributed by atoms with Gasteiger partial charge in [-0.05, 0) is 86.8 Å². The van der Waals surface area contributed by atoms with Gasteiger partial charge in [-0.1, -0.05) is 39.0 Å². The third-order valence-electron chi connectivity index (χ3n) is 7.77. The molecule has 3 N–H and O–H groups in total. The number of aromatic hydroxyl groups is 1. The summed E-state index contributed by atoms with van der Waals surface area (Å²) in [7, 11) is 3.91. The van der Waals surface area contributed by atoms with E-state index in [2.05, 4.69) is 41.4 Å². The summed E-state index contributed by atoms with van der Waals surface area (Å²) in [6.45, 7) is 6.82. The molecule has 46 heavy (non-hydrogen) atoms. The van der Waals surface area contributed by atoms with Gasteiger partial charge in [0.2, 0.25) is 5.88 Å². The van der Waals surface area contributed by atoms with E-state index in [1.165, 1.54) is 11.3 Å². The molecule has 11 heteroatoms. The van der Waals surface area contributed by atoms with Crippen molar-refractivity contribution >= 4 is 23.2 Å². The predicted octanol–water partition coefficient (Wildman–Crippen LogP) is 6.67. The van der Waals surface area contributed by atoms with Crippen LogP contribution in [0.1, 0.15) is 77.9 Å². The summed E-state index contributed by atoms with van der Waals surface area (Å²) in [4.78, 5) is 36.8. The van der Waals surface area contributed by atoms with Crippen LogP contribution in [0.4, 0.5) is 4.39 Å². The van der Waals surface area contributed by atoms with E-state index in [0.29, 0.717) is 43.7 Å². The molecule has 2 amide bonds. The fraction of sp³-hybridized carbons (Fsp3) is 0.371. The van der Waals surface area contributed by atoms with Crippen LogP contribution in [0.25, 0.3) is 11.1 Å². The Morgan fingerprint density at radius 2 is 1.72 bits per heavy atom. The highest BCUT2D eigenvalue weighted by atomic mass is 32.1. The molecule has 5 rings (SSSR count). The first-order valence-electron chi connectivity index (χ1n) is 15.3. The van der Waals surface area contributed by atoms with Gasteiger partial charge in [-0.25, -0.2) is 14.4 Å². The largest absolute Gasteiger partial charge is 0.508 e. The van der Waals surface area contributed by atoms with Crippen molar-refractivity contribution in [3.05, 3.63) is 87.8 Å². The van der Waals surface area contributed by atoms with Crippen LogP contribution in [-0.2, 0) is 12.0 Å². The second-order valence-electron chi connectivity index (χ2n) is 13.0. The Morgan fingerprint density at radius 1 is 1.02 bits per heavy atom. The number of hydrogen-bond donors (Lipinski definition) is 3. The van der Waals surface area contributed by atoms with Gasteiger partial charge < -0.3 is 25.4 Å². The van der Waals surface area contributed by atoms with Gasteiger partial charge in [0.25, 0.3) is 11.8 Å². The minimum Gasteiger partial charge on any atom is -0.508 e. The van der Waals surface area contributed by atoms with E-state index in [1.807, 2.05) is 43.3 Å². The molecule has 0 saturated heterocycles. The van der Waals surface area contributed by atoms with Crippen molar-refractivity contribution < 1.29 is 23.8 Å². The van der Waals surface area contributed by atoms with Crippen LogP contribution in [0.3, 0.4) is 0 Å². The second-order valence-corrected chi connectivity index (χ2v) is 13.9. The van der Waals surface area contributed by atoms with Crippen LogP contribution in [0.15, 0.2) is 60.1 Å². The molecule has 1 aliphatic carbocycles. The van der Waals surface area contributed by atoms with Crippen LogP contribution in [0.2, 0.25) is 0 Å². The number of halogens is 1. The van der Waals surface area contributed by atoms with Gasteiger partial charge in [-0.15, -0.1) is 11.3 Å². The molecule has 0 atom stereocenters. The van der Waals surface area contributed by atoms with Gasteiger partial charge in [0, 0.05) is 29.4 Å². The maximum atomic E-state index is 14.3. The maximum absolute atomic E-state index is 14.3. The topological polar surface area (TPSA) is 117 Å². The van der Waals surface area contributed by atoms with E-state index >= 15 is 0 Å². The number of ether oxygens (including phenoxy) is 1. The fourth-order valence-corrected chi connectivity index (χ4v) is 6.36. The summed E-state index contributed by atoms with van der Waals surface area (Å²) in [6.07, 6.45) is 3.72. The number of carbonyl (C=O) groups excluding carboxylic acids is 2. The third-order valence-corrected chi connectivity index (χ3v) is 9.04. The Hall–Kier alpha value is -4.35. The van der Waals surface area contributed by atoms with Gasteiger partial charge in [0.1, 0.15) is 28.6 Å². The average Bonchev–Trinajstić information content (AvgIpc) is 3.51. The summed E-state index contributed by atoms with van der Waals surface area (Å²) in [5.74, 6) is -0.700. The first kappa shape index (κ1) is 33.0. The zero-order valence-electron chi connectivity index (χ0n) is 26.8. The Labute approximate surface area is 272 Å². The molecule has 0 unspecified atom stereocenters. The van der Waals surface area contributed by atoms with Crippen LogP contribution >= 0.6 is 11.3 Å². The number of benzene rings is 2. The molecule has 1 aliphatic rings. The first-order chi connectivity index (χ1) is 21.9. The van der Waals surface area contributed by atoms with Gasteiger partial charge in [0.05, 0.1) is 11.2 Å². The van der Waals surface area contributed by atoms with Crippen molar-refractivity contribution in [3.8, 4) is 28.5 Å². The van der Waals surface area contributed by atoms with Crippen LogP contribution in [0, 0.1) is 5.82 Å². The molecule has 1 fully saturated rings.